The minimum Gasteiger partial charge on any atom is -0.375 e. The average Bonchev–Trinajstić information content (AvgIpc) is 2.27. The number of ether oxygens (including phenoxy) is 1. The second-order valence-electron chi connectivity index (χ2n) is 7.99. The summed E-state index contributed by atoms with van der Waals surface area (Å²) in [5.41, 5.74) is 0.808. The van der Waals surface area contributed by atoms with Gasteiger partial charge in [0.25, 0.3) is 0 Å². The summed E-state index contributed by atoms with van der Waals surface area (Å²) in [7, 11) is 0. The predicted molar refractivity (Wildman–Crippen MR) is 74.7 cm³/mol. The van der Waals surface area contributed by atoms with Gasteiger partial charge < -0.3 is 10.1 Å². The molecule has 18 heavy (non-hydrogen) atoms. The Labute approximate surface area is 112 Å². The summed E-state index contributed by atoms with van der Waals surface area (Å²) in [5, 5.41) is 4.03. The molecular formula is C16H29NO. The van der Waals surface area contributed by atoms with Gasteiger partial charge in [-0.15, -0.1) is 0 Å². The van der Waals surface area contributed by atoms with Gasteiger partial charge in [-0.2, -0.15) is 0 Å². The summed E-state index contributed by atoms with van der Waals surface area (Å²) in [4.78, 5) is 0. The second kappa shape index (κ2) is 4.49. The fourth-order valence-corrected chi connectivity index (χ4v) is 4.53. The number of nitrogens with one attached hydrogen (secondary N) is 1. The third-order valence-corrected chi connectivity index (χ3v) is 5.48. The Kier molecular flexibility index (Phi) is 3.22. The lowest BCUT2D eigenvalue weighted by Crippen LogP contribution is -2.65. The van der Waals surface area contributed by atoms with E-state index in [1.54, 1.807) is 0 Å². The number of hydrogen-bond donors (Lipinski definition) is 1. The largest absolute Gasteiger partial charge is 0.375 e. The van der Waals surface area contributed by atoms with Crippen LogP contribution in [0.2, 0.25) is 0 Å². The van der Waals surface area contributed by atoms with Crippen LogP contribution in [0.5, 0.6) is 0 Å². The molecule has 3 aliphatic rings. The molecule has 4 atom stereocenters. The van der Waals surface area contributed by atoms with E-state index in [4.69, 9.17) is 4.74 Å². The lowest BCUT2D eigenvalue weighted by Gasteiger charge is -2.53. The monoisotopic (exact) mass is 251 g/mol. The molecule has 0 aromatic carbocycles. The molecule has 0 aromatic heterocycles. The Morgan fingerprint density at radius 1 is 1.11 bits per heavy atom. The van der Waals surface area contributed by atoms with E-state index in [1.165, 1.54) is 44.9 Å². The molecule has 1 saturated heterocycles. The highest BCUT2D eigenvalue weighted by Crippen LogP contribution is 2.42. The van der Waals surface area contributed by atoms with Crippen molar-refractivity contribution in [3.8, 4) is 0 Å². The third kappa shape index (κ3) is 2.46. The van der Waals surface area contributed by atoms with Gasteiger partial charge in [0.15, 0.2) is 0 Å². The molecule has 104 valence electrons. The summed E-state index contributed by atoms with van der Waals surface area (Å²) < 4.78 is 6.25. The van der Waals surface area contributed by atoms with Crippen molar-refractivity contribution in [2.45, 2.75) is 83.4 Å². The molecule has 0 amide bonds. The highest BCUT2D eigenvalue weighted by Gasteiger charge is 2.46. The van der Waals surface area contributed by atoms with Gasteiger partial charge in [-0.1, -0.05) is 33.6 Å². The molecule has 0 aromatic rings. The molecule has 2 heteroatoms. The van der Waals surface area contributed by atoms with Crippen molar-refractivity contribution in [3.05, 3.63) is 0 Å². The zero-order valence-corrected chi connectivity index (χ0v) is 12.3. The summed E-state index contributed by atoms with van der Waals surface area (Å²) in [6.07, 6.45) is 9.75. The SMILES string of the molecule is CC1CCCC2(COC3CCC(C)(C)CC3N2)C1. The van der Waals surface area contributed by atoms with E-state index >= 15 is 0 Å². The van der Waals surface area contributed by atoms with Gasteiger partial charge in [0.1, 0.15) is 0 Å². The summed E-state index contributed by atoms with van der Waals surface area (Å²) in [6.45, 7) is 8.18. The predicted octanol–water partition coefficient (Wildman–Crippen LogP) is 3.50. The van der Waals surface area contributed by atoms with Crippen LogP contribution in [0.1, 0.15) is 65.7 Å². The van der Waals surface area contributed by atoms with Crippen LogP contribution in [0.4, 0.5) is 0 Å². The molecule has 4 unspecified atom stereocenters. The van der Waals surface area contributed by atoms with Crippen LogP contribution in [-0.2, 0) is 4.74 Å². The Morgan fingerprint density at radius 2 is 1.94 bits per heavy atom. The van der Waals surface area contributed by atoms with Gasteiger partial charge in [0, 0.05) is 11.6 Å². The Morgan fingerprint density at radius 3 is 2.72 bits per heavy atom. The standard InChI is InChI=1S/C16H29NO/c1-12-5-4-7-16(9-12)11-18-14-6-8-15(2,3)10-13(14)17-16/h12-14,17H,4-11H2,1-3H3. The first-order valence-corrected chi connectivity index (χ1v) is 7.87. The van der Waals surface area contributed by atoms with Crippen molar-refractivity contribution in [2.24, 2.45) is 11.3 Å². The number of rotatable bonds is 0. The highest BCUT2D eigenvalue weighted by atomic mass is 16.5. The number of hydrogen-bond acceptors (Lipinski definition) is 2. The van der Waals surface area contributed by atoms with Crippen LogP contribution in [0, 0.1) is 11.3 Å². The number of fused-ring (bicyclic) bond motifs is 1. The first kappa shape index (κ1) is 12.9. The van der Waals surface area contributed by atoms with Crippen molar-refractivity contribution in [2.75, 3.05) is 6.61 Å². The molecule has 1 spiro atoms. The molecule has 1 N–H and O–H groups in total. The summed E-state index contributed by atoms with van der Waals surface area (Å²) >= 11 is 0. The molecule has 3 rings (SSSR count). The Hall–Kier alpha value is -0.0800. The van der Waals surface area contributed by atoms with Gasteiger partial charge >= 0.3 is 0 Å². The fourth-order valence-electron chi connectivity index (χ4n) is 4.53. The zero-order chi connectivity index (χ0) is 12.8. The molecule has 3 fully saturated rings. The Balaban J connectivity index is 1.71. The Bertz CT molecular complexity index is 314. The molecule has 2 saturated carbocycles. The van der Waals surface area contributed by atoms with Gasteiger partial charge in [-0.3, -0.25) is 0 Å². The van der Waals surface area contributed by atoms with Gasteiger partial charge in [0.2, 0.25) is 0 Å². The molecule has 1 aliphatic heterocycles. The zero-order valence-electron chi connectivity index (χ0n) is 12.3. The van der Waals surface area contributed by atoms with Crippen LogP contribution in [0.25, 0.3) is 0 Å². The number of morpholine rings is 1. The maximum absolute atomic E-state index is 6.25. The topological polar surface area (TPSA) is 21.3 Å². The first-order chi connectivity index (χ1) is 8.48. The van der Waals surface area contributed by atoms with Crippen LogP contribution >= 0.6 is 0 Å². The second-order valence-corrected chi connectivity index (χ2v) is 7.99. The molecule has 0 bridgehead atoms. The van der Waals surface area contributed by atoms with Crippen molar-refractivity contribution in [1.29, 1.82) is 0 Å². The minimum atomic E-state index is 0.312. The van der Waals surface area contributed by atoms with Crippen molar-refractivity contribution in [3.63, 3.8) is 0 Å². The van der Waals surface area contributed by atoms with E-state index in [-0.39, 0.29) is 0 Å². The highest BCUT2D eigenvalue weighted by molar-refractivity contribution is 5.03. The lowest BCUT2D eigenvalue weighted by atomic mass is 9.70. The summed E-state index contributed by atoms with van der Waals surface area (Å²) in [6, 6.07) is 0.604. The lowest BCUT2D eigenvalue weighted by molar-refractivity contribution is -0.107. The van der Waals surface area contributed by atoms with E-state index < -0.39 is 0 Å². The maximum Gasteiger partial charge on any atom is 0.0729 e. The van der Waals surface area contributed by atoms with Crippen LogP contribution in [0.3, 0.4) is 0 Å². The van der Waals surface area contributed by atoms with E-state index in [0.717, 1.165) is 12.5 Å². The van der Waals surface area contributed by atoms with E-state index in [2.05, 4.69) is 26.1 Å². The fraction of sp³-hybridized carbons (Fsp3) is 1.00. The molecule has 0 radical (unpaired) electrons. The van der Waals surface area contributed by atoms with Gasteiger partial charge in [-0.05, 0) is 43.4 Å². The normalized spacial score (nSPS) is 47.8. The van der Waals surface area contributed by atoms with Gasteiger partial charge in [0.05, 0.1) is 12.7 Å². The van der Waals surface area contributed by atoms with E-state index in [1.807, 2.05) is 0 Å². The quantitative estimate of drug-likeness (QED) is 0.711. The smallest absolute Gasteiger partial charge is 0.0729 e. The maximum atomic E-state index is 6.25. The van der Waals surface area contributed by atoms with Crippen molar-refractivity contribution in [1.82, 2.24) is 5.32 Å². The molecule has 1 heterocycles. The van der Waals surface area contributed by atoms with Crippen LogP contribution < -0.4 is 5.32 Å². The van der Waals surface area contributed by atoms with Crippen LogP contribution in [-0.4, -0.2) is 24.3 Å². The molecule has 2 aliphatic carbocycles. The first-order valence-electron chi connectivity index (χ1n) is 7.87. The van der Waals surface area contributed by atoms with Crippen molar-refractivity contribution >= 4 is 0 Å². The summed E-state index contributed by atoms with van der Waals surface area (Å²) in [5.74, 6) is 0.864. The van der Waals surface area contributed by atoms with E-state index in [0.29, 0.717) is 23.1 Å². The minimum absolute atomic E-state index is 0.312. The molecular weight excluding hydrogens is 222 g/mol. The van der Waals surface area contributed by atoms with Crippen molar-refractivity contribution < 1.29 is 4.74 Å². The van der Waals surface area contributed by atoms with Crippen LogP contribution in [0.15, 0.2) is 0 Å². The third-order valence-electron chi connectivity index (χ3n) is 5.48. The van der Waals surface area contributed by atoms with Gasteiger partial charge in [-0.25, -0.2) is 0 Å². The van der Waals surface area contributed by atoms with E-state index in [9.17, 15) is 0 Å². The molecule has 2 nitrogen and oxygen atoms in total. The average molecular weight is 251 g/mol.